The van der Waals surface area contributed by atoms with Crippen molar-refractivity contribution in [3.8, 4) is 0 Å². The summed E-state index contributed by atoms with van der Waals surface area (Å²) in [6, 6.07) is 6.91. The van der Waals surface area contributed by atoms with Crippen LogP contribution in [-0.2, 0) is 6.42 Å². The highest BCUT2D eigenvalue weighted by molar-refractivity contribution is 9.10. The van der Waals surface area contributed by atoms with Crippen LogP contribution in [-0.4, -0.2) is 19.1 Å². The molecular formula is C16H25BrN2. The standard InChI is InChI=1S/C16H25BrN2/c1-3-13-6-8-19(9-7-13)16-5-4-14(10-12(2)18)11-15(16)17/h4-5,11-13H,3,6-10,18H2,1-2H3. The van der Waals surface area contributed by atoms with E-state index in [1.165, 1.54) is 48.1 Å². The minimum absolute atomic E-state index is 0.220. The van der Waals surface area contributed by atoms with E-state index >= 15 is 0 Å². The molecule has 0 amide bonds. The first kappa shape index (κ1) is 14.9. The first-order valence-electron chi connectivity index (χ1n) is 7.39. The first-order valence-corrected chi connectivity index (χ1v) is 8.18. The van der Waals surface area contributed by atoms with Crippen LogP contribution in [0.4, 0.5) is 5.69 Å². The molecule has 1 heterocycles. The lowest BCUT2D eigenvalue weighted by molar-refractivity contribution is 0.395. The van der Waals surface area contributed by atoms with Gasteiger partial charge in [-0.1, -0.05) is 19.4 Å². The molecule has 0 spiro atoms. The molecule has 1 saturated heterocycles. The zero-order valence-corrected chi connectivity index (χ0v) is 13.6. The third-order valence-electron chi connectivity index (χ3n) is 4.10. The van der Waals surface area contributed by atoms with E-state index in [-0.39, 0.29) is 6.04 Å². The van der Waals surface area contributed by atoms with Gasteiger partial charge in [0.25, 0.3) is 0 Å². The number of nitrogens with zero attached hydrogens (tertiary/aromatic N) is 1. The molecule has 19 heavy (non-hydrogen) atoms. The summed E-state index contributed by atoms with van der Waals surface area (Å²) >= 11 is 3.72. The molecule has 1 atom stereocenters. The molecule has 2 nitrogen and oxygen atoms in total. The largest absolute Gasteiger partial charge is 0.371 e. The molecule has 1 fully saturated rings. The first-order chi connectivity index (χ1) is 9.10. The highest BCUT2D eigenvalue weighted by atomic mass is 79.9. The van der Waals surface area contributed by atoms with Crippen molar-refractivity contribution in [2.75, 3.05) is 18.0 Å². The quantitative estimate of drug-likeness (QED) is 0.908. The Morgan fingerprint density at radius 1 is 1.37 bits per heavy atom. The van der Waals surface area contributed by atoms with Crippen LogP contribution in [0.2, 0.25) is 0 Å². The van der Waals surface area contributed by atoms with E-state index < -0.39 is 0 Å². The van der Waals surface area contributed by atoms with Crippen molar-refractivity contribution in [2.24, 2.45) is 11.7 Å². The average Bonchev–Trinajstić information content (AvgIpc) is 2.38. The van der Waals surface area contributed by atoms with E-state index in [9.17, 15) is 0 Å². The lowest BCUT2D eigenvalue weighted by Gasteiger charge is -2.34. The molecule has 1 aliphatic rings. The lowest BCUT2D eigenvalue weighted by Crippen LogP contribution is -2.33. The Hall–Kier alpha value is -0.540. The lowest BCUT2D eigenvalue weighted by atomic mass is 9.94. The molecule has 0 aromatic heterocycles. The van der Waals surface area contributed by atoms with Crippen LogP contribution in [0.1, 0.15) is 38.7 Å². The summed E-state index contributed by atoms with van der Waals surface area (Å²) in [7, 11) is 0. The molecular weight excluding hydrogens is 300 g/mol. The monoisotopic (exact) mass is 324 g/mol. The summed E-state index contributed by atoms with van der Waals surface area (Å²) in [4.78, 5) is 2.51. The van der Waals surface area contributed by atoms with Gasteiger partial charge < -0.3 is 10.6 Å². The van der Waals surface area contributed by atoms with Crippen LogP contribution < -0.4 is 10.6 Å². The van der Waals surface area contributed by atoms with Gasteiger partial charge in [-0.05, 0) is 65.7 Å². The second-order valence-electron chi connectivity index (χ2n) is 5.81. The summed E-state index contributed by atoms with van der Waals surface area (Å²) in [6.07, 6.45) is 4.91. The second kappa shape index (κ2) is 6.76. The van der Waals surface area contributed by atoms with Crippen LogP contribution in [0.25, 0.3) is 0 Å². The number of hydrogen-bond donors (Lipinski definition) is 1. The topological polar surface area (TPSA) is 29.3 Å². The van der Waals surface area contributed by atoms with Crippen LogP contribution in [0.15, 0.2) is 22.7 Å². The van der Waals surface area contributed by atoms with E-state index in [0.717, 1.165) is 12.3 Å². The number of anilines is 1. The molecule has 1 unspecified atom stereocenters. The van der Waals surface area contributed by atoms with Crippen LogP contribution in [0.5, 0.6) is 0 Å². The molecule has 106 valence electrons. The van der Waals surface area contributed by atoms with Crippen molar-refractivity contribution in [3.63, 3.8) is 0 Å². The van der Waals surface area contributed by atoms with Crippen LogP contribution >= 0.6 is 15.9 Å². The Morgan fingerprint density at radius 2 is 2.05 bits per heavy atom. The van der Waals surface area contributed by atoms with E-state index in [2.05, 4.69) is 52.9 Å². The Labute approximate surface area is 125 Å². The predicted molar refractivity (Wildman–Crippen MR) is 86.7 cm³/mol. The van der Waals surface area contributed by atoms with Gasteiger partial charge in [0, 0.05) is 23.6 Å². The number of piperidine rings is 1. The molecule has 0 saturated carbocycles. The molecule has 0 bridgehead atoms. The average molecular weight is 325 g/mol. The summed E-state index contributed by atoms with van der Waals surface area (Å²) in [5, 5.41) is 0. The summed E-state index contributed by atoms with van der Waals surface area (Å²) in [5.74, 6) is 0.924. The number of rotatable bonds is 4. The van der Waals surface area contributed by atoms with E-state index in [1.54, 1.807) is 0 Å². The number of hydrogen-bond acceptors (Lipinski definition) is 2. The van der Waals surface area contributed by atoms with Gasteiger partial charge in [-0.2, -0.15) is 0 Å². The maximum absolute atomic E-state index is 5.86. The van der Waals surface area contributed by atoms with E-state index in [4.69, 9.17) is 5.73 Å². The van der Waals surface area contributed by atoms with Gasteiger partial charge in [0.2, 0.25) is 0 Å². The van der Waals surface area contributed by atoms with Crippen LogP contribution in [0.3, 0.4) is 0 Å². The maximum Gasteiger partial charge on any atom is 0.0510 e. The fourth-order valence-electron chi connectivity index (χ4n) is 2.89. The molecule has 0 radical (unpaired) electrons. The van der Waals surface area contributed by atoms with Crippen molar-refractivity contribution in [1.29, 1.82) is 0 Å². The zero-order valence-electron chi connectivity index (χ0n) is 12.0. The Bertz CT molecular complexity index is 409. The molecule has 1 aromatic rings. The maximum atomic E-state index is 5.86. The van der Waals surface area contributed by atoms with Crippen molar-refractivity contribution >= 4 is 21.6 Å². The van der Waals surface area contributed by atoms with Crippen molar-refractivity contribution in [3.05, 3.63) is 28.2 Å². The van der Waals surface area contributed by atoms with E-state index in [1.807, 2.05) is 0 Å². The normalized spacial score (nSPS) is 18.6. The molecule has 1 aromatic carbocycles. The highest BCUT2D eigenvalue weighted by Crippen LogP contribution is 2.31. The second-order valence-corrected chi connectivity index (χ2v) is 6.66. The molecule has 1 aliphatic heterocycles. The van der Waals surface area contributed by atoms with Gasteiger partial charge in [-0.25, -0.2) is 0 Å². The van der Waals surface area contributed by atoms with Gasteiger partial charge in [0.05, 0.1) is 5.69 Å². The van der Waals surface area contributed by atoms with Crippen molar-refractivity contribution < 1.29 is 0 Å². The van der Waals surface area contributed by atoms with Crippen molar-refractivity contribution in [2.45, 2.75) is 45.6 Å². The SMILES string of the molecule is CCC1CCN(c2ccc(CC(C)N)cc2Br)CC1. The van der Waals surface area contributed by atoms with Gasteiger partial charge in [0.1, 0.15) is 0 Å². The molecule has 0 aliphatic carbocycles. The number of benzene rings is 1. The van der Waals surface area contributed by atoms with Gasteiger partial charge in [0.15, 0.2) is 0 Å². The fraction of sp³-hybridized carbons (Fsp3) is 0.625. The van der Waals surface area contributed by atoms with Crippen molar-refractivity contribution in [1.82, 2.24) is 0 Å². The van der Waals surface area contributed by atoms with Crippen LogP contribution in [0, 0.1) is 5.92 Å². The minimum Gasteiger partial charge on any atom is -0.371 e. The van der Waals surface area contributed by atoms with Gasteiger partial charge in [-0.3, -0.25) is 0 Å². The van der Waals surface area contributed by atoms with E-state index in [0.29, 0.717) is 0 Å². The third kappa shape index (κ3) is 3.96. The van der Waals surface area contributed by atoms with Gasteiger partial charge >= 0.3 is 0 Å². The fourth-order valence-corrected chi connectivity index (χ4v) is 3.56. The Balaban J connectivity index is 2.05. The molecule has 2 rings (SSSR count). The molecule has 3 heteroatoms. The smallest absolute Gasteiger partial charge is 0.0510 e. The summed E-state index contributed by atoms with van der Waals surface area (Å²) < 4.78 is 1.21. The summed E-state index contributed by atoms with van der Waals surface area (Å²) in [6.45, 7) is 6.73. The minimum atomic E-state index is 0.220. The summed E-state index contributed by atoms with van der Waals surface area (Å²) in [5.41, 5.74) is 8.51. The molecule has 2 N–H and O–H groups in total. The zero-order chi connectivity index (χ0) is 13.8. The Kier molecular flexibility index (Phi) is 5.28. The van der Waals surface area contributed by atoms with Gasteiger partial charge in [-0.15, -0.1) is 0 Å². The highest BCUT2D eigenvalue weighted by Gasteiger charge is 2.19. The third-order valence-corrected chi connectivity index (χ3v) is 4.74. The number of nitrogens with two attached hydrogens (primary N) is 1. The number of halogens is 1. The Morgan fingerprint density at radius 3 is 2.58 bits per heavy atom. The predicted octanol–water partition coefficient (Wildman–Crippen LogP) is 3.97.